The molecule has 5 aliphatic heterocycles. The molecule has 1 saturated heterocycles. The van der Waals surface area contributed by atoms with Crippen molar-refractivity contribution in [1.29, 1.82) is 5.26 Å². The molecule has 1 atom stereocenters. The van der Waals surface area contributed by atoms with Gasteiger partial charge in [-0.15, -0.1) is 0 Å². The summed E-state index contributed by atoms with van der Waals surface area (Å²) in [7, 11) is 0. The van der Waals surface area contributed by atoms with Crippen LogP contribution >= 0.6 is 11.3 Å². The van der Waals surface area contributed by atoms with E-state index in [0.717, 1.165) is 66.2 Å². The zero-order valence-electron chi connectivity index (χ0n) is 18.0. The Balaban J connectivity index is 1.52. The highest BCUT2D eigenvalue weighted by molar-refractivity contribution is 7.21. The molecule has 6 aliphatic rings. The van der Waals surface area contributed by atoms with Crippen LogP contribution in [0, 0.1) is 11.3 Å². The first-order valence-corrected chi connectivity index (χ1v) is 12.4. The number of amidine groups is 1. The van der Waals surface area contributed by atoms with Crippen LogP contribution in [0.25, 0.3) is 0 Å². The van der Waals surface area contributed by atoms with Crippen molar-refractivity contribution in [2.45, 2.75) is 43.9 Å². The third-order valence-electron chi connectivity index (χ3n) is 7.65. The van der Waals surface area contributed by atoms with Gasteiger partial charge in [0, 0.05) is 48.7 Å². The molecule has 164 valence electrons. The van der Waals surface area contributed by atoms with Crippen molar-refractivity contribution in [2.75, 3.05) is 22.9 Å². The van der Waals surface area contributed by atoms with Gasteiger partial charge in [-0.25, -0.2) is 4.99 Å². The number of rotatable bonds is 1. The van der Waals surface area contributed by atoms with Gasteiger partial charge in [0.25, 0.3) is 0 Å². The average molecular weight is 455 g/mol. The Labute approximate surface area is 195 Å². The summed E-state index contributed by atoms with van der Waals surface area (Å²) in [6.07, 6.45) is 7.84. The SMILES string of the molecule is N#CC1=C2N=C(N)c3c(sc4c3C3CCN4CC3)N2C2=C(C(=O)CCC2)[C@@H]1c1cccnc1. The van der Waals surface area contributed by atoms with E-state index in [2.05, 4.69) is 20.9 Å². The predicted molar refractivity (Wildman–Crippen MR) is 127 cm³/mol. The van der Waals surface area contributed by atoms with Crippen molar-refractivity contribution in [1.82, 2.24) is 4.98 Å². The number of piperidine rings is 1. The van der Waals surface area contributed by atoms with Gasteiger partial charge < -0.3 is 10.6 Å². The molecule has 2 aromatic rings. The topological polar surface area (TPSA) is 98.6 Å². The maximum Gasteiger partial charge on any atom is 0.161 e. The van der Waals surface area contributed by atoms with Crippen LogP contribution in [0.5, 0.6) is 0 Å². The highest BCUT2D eigenvalue weighted by Crippen LogP contribution is 2.57. The van der Waals surface area contributed by atoms with Gasteiger partial charge in [0.15, 0.2) is 11.6 Å². The normalized spacial score (nSPS) is 23.7. The van der Waals surface area contributed by atoms with Gasteiger partial charge in [-0.1, -0.05) is 17.4 Å². The van der Waals surface area contributed by atoms with Crippen molar-refractivity contribution in [3.63, 3.8) is 0 Å². The van der Waals surface area contributed by atoms with E-state index >= 15 is 0 Å². The monoisotopic (exact) mass is 454 g/mol. The first-order valence-electron chi connectivity index (χ1n) is 11.5. The average Bonchev–Trinajstić information content (AvgIpc) is 3.28. The molecule has 8 heteroatoms. The minimum atomic E-state index is -0.453. The number of aliphatic imine (C=N–C) groups is 1. The second kappa shape index (κ2) is 6.78. The van der Waals surface area contributed by atoms with Crippen LogP contribution in [0.4, 0.5) is 10.0 Å². The van der Waals surface area contributed by atoms with Crippen LogP contribution in [0.1, 0.15) is 60.6 Å². The highest BCUT2D eigenvalue weighted by atomic mass is 32.1. The zero-order chi connectivity index (χ0) is 22.3. The number of nitriles is 1. The molecule has 7 nitrogen and oxygen atoms in total. The molecule has 1 aliphatic carbocycles. The second-order valence-electron chi connectivity index (χ2n) is 9.30. The quantitative estimate of drug-likeness (QED) is 0.702. The molecule has 2 N–H and O–H groups in total. The van der Waals surface area contributed by atoms with Crippen molar-refractivity contribution in [3.05, 3.63) is 63.9 Å². The van der Waals surface area contributed by atoms with E-state index in [0.29, 0.717) is 29.6 Å². The highest BCUT2D eigenvalue weighted by Gasteiger charge is 2.46. The van der Waals surface area contributed by atoms with E-state index in [9.17, 15) is 10.1 Å². The number of hydrogen-bond acceptors (Lipinski definition) is 8. The number of nitrogens with two attached hydrogens (primary N) is 1. The number of hydrogen-bond donors (Lipinski definition) is 1. The van der Waals surface area contributed by atoms with Gasteiger partial charge >= 0.3 is 0 Å². The lowest BCUT2D eigenvalue weighted by molar-refractivity contribution is -0.116. The number of Topliss-reactive ketones (excluding diaryl/α,β-unsaturated/α-hetero) is 1. The third-order valence-corrected chi connectivity index (χ3v) is 8.90. The Kier molecular flexibility index (Phi) is 3.92. The van der Waals surface area contributed by atoms with Crippen LogP contribution in [-0.4, -0.2) is 29.7 Å². The fourth-order valence-electron chi connectivity index (χ4n) is 6.23. The van der Waals surface area contributed by atoms with E-state index < -0.39 is 5.92 Å². The van der Waals surface area contributed by atoms with Gasteiger partial charge in [0.2, 0.25) is 0 Å². The second-order valence-corrected chi connectivity index (χ2v) is 10.3. The predicted octanol–water partition coefficient (Wildman–Crippen LogP) is 3.91. The molecule has 8 rings (SSSR count). The molecule has 0 spiro atoms. The van der Waals surface area contributed by atoms with Gasteiger partial charge in [0.05, 0.1) is 28.1 Å². The Hall–Kier alpha value is -3.44. The summed E-state index contributed by atoms with van der Waals surface area (Å²) in [6, 6.07) is 6.19. The third kappa shape index (κ3) is 2.46. The largest absolute Gasteiger partial charge is 0.383 e. The van der Waals surface area contributed by atoms with Crippen molar-refractivity contribution in [2.24, 2.45) is 10.7 Å². The number of ketones is 1. The summed E-state index contributed by atoms with van der Waals surface area (Å²) in [4.78, 5) is 27.0. The fourth-order valence-corrected chi connectivity index (χ4v) is 7.71. The molecular formula is C25H22N6OS. The number of allylic oxidation sites excluding steroid dienone is 3. The maximum absolute atomic E-state index is 13.3. The summed E-state index contributed by atoms with van der Waals surface area (Å²) in [5.74, 6) is 1.24. The molecule has 1 fully saturated rings. The molecule has 0 unspecified atom stereocenters. The first kappa shape index (κ1) is 19.1. The maximum atomic E-state index is 13.3. The van der Waals surface area contributed by atoms with Crippen LogP contribution in [0.15, 0.2) is 52.2 Å². The van der Waals surface area contributed by atoms with Crippen LogP contribution in [-0.2, 0) is 4.79 Å². The summed E-state index contributed by atoms with van der Waals surface area (Å²) in [6.45, 7) is 2.16. The molecule has 0 aromatic carbocycles. The molecule has 7 heterocycles. The summed E-state index contributed by atoms with van der Waals surface area (Å²) < 4.78 is 0. The molecule has 2 aromatic heterocycles. The number of carbonyl (C=O) groups is 1. The molecule has 0 amide bonds. The zero-order valence-corrected chi connectivity index (χ0v) is 18.9. The van der Waals surface area contributed by atoms with E-state index in [1.807, 2.05) is 12.1 Å². The minimum absolute atomic E-state index is 0.117. The van der Waals surface area contributed by atoms with Crippen molar-refractivity contribution < 1.29 is 4.79 Å². The van der Waals surface area contributed by atoms with Crippen molar-refractivity contribution in [3.8, 4) is 6.07 Å². The summed E-state index contributed by atoms with van der Waals surface area (Å²) >= 11 is 1.75. The number of carbonyl (C=O) groups excluding carboxylic acids is 1. The smallest absolute Gasteiger partial charge is 0.161 e. The lowest BCUT2D eigenvalue weighted by atomic mass is 9.75. The van der Waals surface area contributed by atoms with E-state index in [-0.39, 0.29) is 5.78 Å². The van der Waals surface area contributed by atoms with E-state index in [1.165, 1.54) is 10.6 Å². The van der Waals surface area contributed by atoms with Gasteiger partial charge in [0.1, 0.15) is 10.8 Å². The molecular weight excluding hydrogens is 432 g/mol. The number of pyridine rings is 1. The lowest BCUT2D eigenvalue weighted by Gasteiger charge is -2.41. The van der Waals surface area contributed by atoms with Crippen LogP contribution < -0.4 is 15.5 Å². The first-order chi connectivity index (χ1) is 16.2. The van der Waals surface area contributed by atoms with Gasteiger partial charge in [-0.2, -0.15) is 5.26 Å². The van der Waals surface area contributed by atoms with Crippen molar-refractivity contribution >= 4 is 33.0 Å². The number of aromatic nitrogens is 1. The molecule has 33 heavy (non-hydrogen) atoms. The standard InChI is InChI=1S/C25H22N6OS/c26-11-15-18(14-3-2-8-28-12-14)20-16(4-1-5-17(20)32)31-23(15)29-22(27)21-19-13-6-9-30(10-7-13)24(19)33-25(21)31/h2-3,8,12-13,18H,1,4-7,9-10H2,(H2,27,29)/t18-/m1/s1. The molecule has 0 saturated carbocycles. The molecule has 0 radical (unpaired) electrons. The van der Waals surface area contributed by atoms with Gasteiger partial charge in [-0.3, -0.25) is 14.7 Å². The molecule has 2 bridgehead atoms. The Bertz CT molecular complexity index is 1350. The Morgan fingerprint density at radius 1 is 1.21 bits per heavy atom. The van der Waals surface area contributed by atoms with Gasteiger partial charge in [-0.05, 0) is 43.2 Å². The van der Waals surface area contributed by atoms with E-state index in [4.69, 9.17) is 10.7 Å². The Morgan fingerprint density at radius 2 is 2.06 bits per heavy atom. The van der Waals surface area contributed by atoms with E-state index in [1.54, 1.807) is 23.7 Å². The van der Waals surface area contributed by atoms with Crippen LogP contribution in [0.2, 0.25) is 0 Å². The lowest BCUT2D eigenvalue weighted by Crippen LogP contribution is -2.40. The fraction of sp³-hybridized carbons (Fsp3) is 0.360. The summed E-state index contributed by atoms with van der Waals surface area (Å²) in [5.41, 5.74) is 12.0. The number of thiophene rings is 1. The number of fused-ring (bicyclic) bond motifs is 6. The minimum Gasteiger partial charge on any atom is -0.383 e. The van der Waals surface area contributed by atoms with Crippen LogP contribution in [0.3, 0.4) is 0 Å². The Morgan fingerprint density at radius 3 is 2.82 bits per heavy atom. The number of anilines is 2. The number of nitrogens with zero attached hydrogens (tertiary/aromatic N) is 5. The summed E-state index contributed by atoms with van der Waals surface area (Å²) in [5, 5.41) is 12.6.